The van der Waals surface area contributed by atoms with Crippen LogP contribution in [0.15, 0.2) is 24.3 Å². The first-order valence-corrected chi connectivity index (χ1v) is 6.88. The zero-order chi connectivity index (χ0) is 13.8. The first kappa shape index (κ1) is 13.8. The Bertz CT molecular complexity index is 450. The van der Waals surface area contributed by atoms with E-state index in [9.17, 15) is 9.18 Å². The monoisotopic (exact) mass is 264 g/mol. The predicted octanol–water partition coefficient (Wildman–Crippen LogP) is 2.92. The molecule has 0 spiro atoms. The van der Waals surface area contributed by atoms with Gasteiger partial charge in [-0.05, 0) is 36.8 Å². The van der Waals surface area contributed by atoms with Crippen molar-refractivity contribution in [2.75, 3.05) is 5.32 Å². The van der Waals surface area contributed by atoms with Crippen molar-refractivity contribution in [1.29, 1.82) is 0 Å². The first-order valence-electron chi connectivity index (χ1n) is 6.88. The number of rotatable bonds is 4. The molecule has 1 aromatic rings. The number of anilines is 1. The van der Waals surface area contributed by atoms with Gasteiger partial charge in [-0.1, -0.05) is 31.9 Å². The van der Waals surface area contributed by atoms with E-state index in [1.165, 1.54) is 12.5 Å². The largest absolute Gasteiger partial charge is 0.371 e. The van der Waals surface area contributed by atoms with Crippen LogP contribution in [0.1, 0.15) is 32.6 Å². The number of benzene rings is 1. The number of nitrogens with one attached hydrogen (secondary N) is 1. The first-order chi connectivity index (χ1) is 9.08. The summed E-state index contributed by atoms with van der Waals surface area (Å²) in [6.45, 7) is 2.19. The third-order valence-electron chi connectivity index (χ3n) is 3.94. The van der Waals surface area contributed by atoms with E-state index in [0.29, 0.717) is 11.6 Å². The lowest BCUT2D eigenvalue weighted by Crippen LogP contribution is -2.43. The second-order valence-corrected chi connectivity index (χ2v) is 5.54. The summed E-state index contributed by atoms with van der Waals surface area (Å²) in [7, 11) is 0. The molecule has 1 aromatic carbocycles. The van der Waals surface area contributed by atoms with Crippen LogP contribution in [0.4, 0.5) is 10.1 Å². The van der Waals surface area contributed by atoms with Crippen molar-refractivity contribution in [3.8, 4) is 0 Å². The van der Waals surface area contributed by atoms with E-state index in [1.807, 2.05) is 0 Å². The molecule has 0 saturated heterocycles. The Morgan fingerprint density at radius 3 is 2.79 bits per heavy atom. The summed E-state index contributed by atoms with van der Waals surface area (Å²) in [6, 6.07) is 5.90. The van der Waals surface area contributed by atoms with Crippen LogP contribution in [-0.2, 0) is 4.79 Å². The van der Waals surface area contributed by atoms with Crippen LogP contribution < -0.4 is 11.1 Å². The number of primary amides is 1. The van der Waals surface area contributed by atoms with Crippen molar-refractivity contribution in [2.45, 2.75) is 38.6 Å². The average molecular weight is 264 g/mol. The summed E-state index contributed by atoms with van der Waals surface area (Å²) in [4.78, 5) is 11.7. The average Bonchev–Trinajstić information content (AvgIpc) is 2.37. The third-order valence-corrected chi connectivity index (χ3v) is 3.94. The normalized spacial score (nSPS) is 24.7. The Kier molecular flexibility index (Phi) is 4.40. The van der Waals surface area contributed by atoms with E-state index in [-0.39, 0.29) is 11.7 Å². The van der Waals surface area contributed by atoms with Gasteiger partial charge >= 0.3 is 0 Å². The molecule has 0 aliphatic heterocycles. The van der Waals surface area contributed by atoms with E-state index < -0.39 is 11.9 Å². The van der Waals surface area contributed by atoms with Crippen molar-refractivity contribution in [1.82, 2.24) is 0 Å². The molecule has 104 valence electrons. The molecule has 0 bridgehead atoms. The molecule has 1 amide bonds. The SMILES string of the molecule is CC1CCCC(C(Nc2ccccc2F)C(N)=O)C1. The van der Waals surface area contributed by atoms with E-state index in [2.05, 4.69) is 12.2 Å². The maximum atomic E-state index is 13.6. The third kappa shape index (κ3) is 3.46. The molecule has 4 heteroatoms. The maximum Gasteiger partial charge on any atom is 0.240 e. The van der Waals surface area contributed by atoms with Gasteiger partial charge in [0.05, 0.1) is 5.69 Å². The van der Waals surface area contributed by atoms with Crippen molar-refractivity contribution in [3.63, 3.8) is 0 Å². The van der Waals surface area contributed by atoms with E-state index in [4.69, 9.17) is 5.73 Å². The number of hydrogen-bond acceptors (Lipinski definition) is 2. The summed E-state index contributed by atoms with van der Waals surface area (Å²) in [6.07, 6.45) is 4.24. The van der Waals surface area contributed by atoms with Crippen LogP contribution in [0.3, 0.4) is 0 Å². The van der Waals surface area contributed by atoms with Gasteiger partial charge in [0.2, 0.25) is 5.91 Å². The van der Waals surface area contributed by atoms with Crippen LogP contribution in [0.2, 0.25) is 0 Å². The summed E-state index contributed by atoms with van der Waals surface area (Å²) in [5.74, 6) is 0.0452. The van der Waals surface area contributed by atoms with Gasteiger partial charge in [-0.2, -0.15) is 0 Å². The molecule has 2 rings (SSSR count). The Labute approximate surface area is 113 Å². The number of carbonyl (C=O) groups is 1. The lowest BCUT2D eigenvalue weighted by atomic mass is 9.78. The summed E-state index contributed by atoms with van der Waals surface area (Å²) in [5, 5.41) is 2.99. The highest BCUT2D eigenvalue weighted by Gasteiger charge is 2.30. The number of halogens is 1. The maximum absolute atomic E-state index is 13.6. The van der Waals surface area contributed by atoms with E-state index in [1.54, 1.807) is 18.2 Å². The van der Waals surface area contributed by atoms with Gasteiger partial charge in [0.1, 0.15) is 11.9 Å². The van der Waals surface area contributed by atoms with Crippen molar-refractivity contribution < 1.29 is 9.18 Å². The number of amides is 1. The summed E-state index contributed by atoms with van der Waals surface area (Å²) >= 11 is 0. The molecule has 3 unspecified atom stereocenters. The molecule has 19 heavy (non-hydrogen) atoms. The van der Waals surface area contributed by atoms with Crippen LogP contribution in [0.5, 0.6) is 0 Å². The lowest BCUT2D eigenvalue weighted by molar-refractivity contribution is -0.120. The van der Waals surface area contributed by atoms with Crippen LogP contribution in [0.25, 0.3) is 0 Å². The predicted molar refractivity (Wildman–Crippen MR) is 74.1 cm³/mol. The van der Waals surface area contributed by atoms with Crippen LogP contribution in [0, 0.1) is 17.7 Å². The smallest absolute Gasteiger partial charge is 0.240 e. The fraction of sp³-hybridized carbons (Fsp3) is 0.533. The molecule has 1 aliphatic carbocycles. The van der Waals surface area contributed by atoms with Gasteiger partial charge in [-0.15, -0.1) is 0 Å². The Balaban J connectivity index is 2.12. The fourth-order valence-corrected chi connectivity index (χ4v) is 2.95. The number of hydrogen-bond donors (Lipinski definition) is 2. The summed E-state index contributed by atoms with van der Waals surface area (Å²) < 4.78 is 13.6. The van der Waals surface area contributed by atoms with Crippen molar-refractivity contribution >= 4 is 11.6 Å². The second kappa shape index (κ2) is 6.04. The van der Waals surface area contributed by atoms with E-state index in [0.717, 1.165) is 19.3 Å². The molecule has 0 radical (unpaired) electrons. The highest BCUT2D eigenvalue weighted by Crippen LogP contribution is 2.32. The Morgan fingerprint density at radius 2 is 2.16 bits per heavy atom. The van der Waals surface area contributed by atoms with Gasteiger partial charge in [-0.3, -0.25) is 4.79 Å². The lowest BCUT2D eigenvalue weighted by Gasteiger charge is -2.32. The molecule has 3 atom stereocenters. The number of nitrogens with two attached hydrogens (primary N) is 1. The molecule has 1 saturated carbocycles. The molecule has 0 heterocycles. The zero-order valence-electron chi connectivity index (χ0n) is 11.2. The Hall–Kier alpha value is -1.58. The van der Waals surface area contributed by atoms with Crippen molar-refractivity contribution in [3.05, 3.63) is 30.1 Å². The Morgan fingerprint density at radius 1 is 1.42 bits per heavy atom. The van der Waals surface area contributed by atoms with Crippen molar-refractivity contribution in [2.24, 2.45) is 17.6 Å². The fourth-order valence-electron chi connectivity index (χ4n) is 2.95. The molecule has 1 fully saturated rings. The van der Waals surface area contributed by atoms with Gasteiger partial charge in [-0.25, -0.2) is 4.39 Å². The minimum Gasteiger partial charge on any atom is -0.371 e. The highest BCUT2D eigenvalue weighted by molar-refractivity contribution is 5.83. The molecule has 3 N–H and O–H groups in total. The molecule has 0 aromatic heterocycles. The van der Waals surface area contributed by atoms with Gasteiger partial charge in [0, 0.05) is 0 Å². The second-order valence-electron chi connectivity index (χ2n) is 5.54. The highest BCUT2D eigenvalue weighted by atomic mass is 19.1. The quantitative estimate of drug-likeness (QED) is 0.878. The van der Waals surface area contributed by atoms with Gasteiger partial charge < -0.3 is 11.1 Å². The van der Waals surface area contributed by atoms with E-state index >= 15 is 0 Å². The van der Waals surface area contributed by atoms with Crippen LogP contribution >= 0.6 is 0 Å². The van der Waals surface area contributed by atoms with Gasteiger partial charge in [0.25, 0.3) is 0 Å². The zero-order valence-corrected chi connectivity index (χ0v) is 11.2. The molecular weight excluding hydrogens is 243 g/mol. The minimum atomic E-state index is -0.486. The molecule has 3 nitrogen and oxygen atoms in total. The number of para-hydroxylation sites is 1. The minimum absolute atomic E-state index is 0.195. The topological polar surface area (TPSA) is 55.1 Å². The number of carbonyl (C=O) groups excluding carboxylic acids is 1. The van der Waals surface area contributed by atoms with Gasteiger partial charge in [0.15, 0.2) is 0 Å². The molecular formula is C15H21FN2O. The molecule has 1 aliphatic rings. The van der Waals surface area contributed by atoms with Crippen LogP contribution in [-0.4, -0.2) is 11.9 Å². The standard InChI is InChI=1S/C15H21FN2O/c1-10-5-4-6-11(9-10)14(15(17)19)18-13-8-3-2-7-12(13)16/h2-3,7-8,10-11,14,18H,4-6,9H2,1H3,(H2,17,19). The summed E-state index contributed by atoms with van der Waals surface area (Å²) in [5.41, 5.74) is 5.84.